The second-order valence-electron chi connectivity index (χ2n) is 3.20. The van der Waals surface area contributed by atoms with Crippen LogP contribution in [0, 0.1) is 6.92 Å². The van der Waals surface area contributed by atoms with Gasteiger partial charge in [0.05, 0.1) is 17.6 Å². The Morgan fingerprint density at radius 3 is 2.54 bits per heavy atom. The average Bonchev–Trinajstić information content (AvgIpc) is 2.58. The van der Waals surface area contributed by atoms with E-state index in [-0.39, 0.29) is 0 Å². The van der Waals surface area contributed by atoms with Gasteiger partial charge in [0.25, 0.3) is 0 Å². The first kappa shape index (κ1) is 8.04. The third kappa shape index (κ3) is 1.35. The van der Waals surface area contributed by atoms with E-state index in [2.05, 4.69) is 16.3 Å². The van der Waals surface area contributed by atoms with E-state index in [4.69, 9.17) is 0 Å². The molecule has 4 nitrogen and oxygen atoms in total. The van der Waals surface area contributed by atoms with E-state index in [0.717, 1.165) is 17.0 Å². The maximum atomic E-state index is 4.28. The zero-order chi connectivity index (χ0) is 9.42. The number of aromatic nitrogens is 4. The summed E-state index contributed by atoms with van der Waals surface area (Å²) in [6.07, 6.45) is 3.83. The Morgan fingerprint density at radius 2 is 2.08 bits per heavy atom. The molecule has 0 aromatic carbocycles. The second kappa shape index (κ2) is 2.73. The summed E-state index contributed by atoms with van der Waals surface area (Å²) in [5.41, 5.74) is 3.23. The van der Waals surface area contributed by atoms with Crippen molar-refractivity contribution in [2.75, 3.05) is 0 Å². The van der Waals surface area contributed by atoms with Gasteiger partial charge >= 0.3 is 0 Å². The molecule has 0 N–H and O–H groups in total. The Balaban J connectivity index is 2.51. The van der Waals surface area contributed by atoms with Crippen LogP contribution in [0.2, 0.25) is 0 Å². The predicted molar refractivity (Wildman–Crippen MR) is 50.1 cm³/mol. The Hall–Kier alpha value is -1.58. The second-order valence-corrected chi connectivity index (χ2v) is 3.20. The molecule has 68 valence electrons. The lowest BCUT2D eigenvalue weighted by Crippen LogP contribution is -1.92. The summed E-state index contributed by atoms with van der Waals surface area (Å²) in [6, 6.07) is 2.05. The first-order valence-corrected chi connectivity index (χ1v) is 4.16. The third-order valence-corrected chi connectivity index (χ3v) is 2.00. The summed E-state index contributed by atoms with van der Waals surface area (Å²) in [6.45, 7) is 1.99. The zero-order valence-electron chi connectivity index (χ0n) is 8.02. The fourth-order valence-corrected chi connectivity index (χ4v) is 1.43. The van der Waals surface area contributed by atoms with Crippen LogP contribution in [0.5, 0.6) is 0 Å². The van der Waals surface area contributed by atoms with Crippen molar-refractivity contribution >= 4 is 0 Å². The molecular weight excluding hydrogens is 164 g/mol. The number of rotatable bonds is 1. The summed E-state index contributed by atoms with van der Waals surface area (Å²) < 4.78 is 3.66. The first-order chi connectivity index (χ1) is 6.16. The van der Waals surface area contributed by atoms with Crippen molar-refractivity contribution in [1.29, 1.82) is 0 Å². The van der Waals surface area contributed by atoms with Gasteiger partial charge in [-0.3, -0.25) is 9.36 Å². The predicted octanol–water partition coefficient (Wildman–Crippen LogP) is 1.13. The van der Waals surface area contributed by atoms with Crippen LogP contribution in [0.25, 0.3) is 11.3 Å². The van der Waals surface area contributed by atoms with Gasteiger partial charge in [0.2, 0.25) is 0 Å². The third-order valence-electron chi connectivity index (χ3n) is 2.00. The molecule has 4 heteroatoms. The van der Waals surface area contributed by atoms with Crippen LogP contribution >= 0.6 is 0 Å². The minimum Gasteiger partial charge on any atom is -0.275 e. The fraction of sp³-hybridized carbons (Fsp3) is 0.333. The molecule has 2 aromatic rings. The highest BCUT2D eigenvalue weighted by Gasteiger charge is 2.05. The van der Waals surface area contributed by atoms with Crippen LogP contribution in [-0.4, -0.2) is 19.6 Å². The highest BCUT2D eigenvalue weighted by atomic mass is 15.3. The number of hydrogen-bond donors (Lipinski definition) is 0. The number of nitrogens with zero attached hydrogens (tertiary/aromatic N) is 4. The van der Waals surface area contributed by atoms with Crippen LogP contribution in [0.15, 0.2) is 18.5 Å². The quantitative estimate of drug-likeness (QED) is 0.653. The smallest absolute Gasteiger partial charge is 0.0713 e. The highest BCUT2D eigenvalue weighted by molar-refractivity contribution is 5.57. The SMILES string of the molecule is Cc1cc(-c2cnn(C)c2)n(C)n1. The molecule has 0 saturated carbocycles. The Bertz CT molecular complexity index is 425. The van der Waals surface area contributed by atoms with Gasteiger partial charge in [-0.25, -0.2) is 0 Å². The lowest BCUT2D eigenvalue weighted by molar-refractivity contribution is 0.761. The first-order valence-electron chi connectivity index (χ1n) is 4.16. The van der Waals surface area contributed by atoms with Crippen LogP contribution in [-0.2, 0) is 14.1 Å². The molecule has 0 aliphatic rings. The summed E-state index contributed by atoms with van der Waals surface area (Å²) in [5, 5.41) is 8.40. The summed E-state index contributed by atoms with van der Waals surface area (Å²) in [5.74, 6) is 0. The minimum absolute atomic E-state index is 1.03. The molecule has 0 spiro atoms. The van der Waals surface area contributed by atoms with Crippen molar-refractivity contribution in [3.63, 3.8) is 0 Å². The van der Waals surface area contributed by atoms with Gasteiger partial charge in [-0.1, -0.05) is 0 Å². The molecule has 0 amide bonds. The zero-order valence-corrected chi connectivity index (χ0v) is 8.02. The van der Waals surface area contributed by atoms with E-state index in [9.17, 15) is 0 Å². The molecule has 0 bridgehead atoms. The van der Waals surface area contributed by atoms with Gasteiger partial charge in [0.15, 0.2) is 0 Å². The standard InChI is InChI=1S/C9H12N4/c1-7-4-9(13(3)11-7)8-5-10-12(2)6-8/h4-6H,1-3H3. The Kier molecular flexibility index (Phi) is 1.69. The van der Waals surface area contributed by atoms with E-state index in [0.29, 0.717) is 0 Å². The highest BCUT2D eigenvalue weighted by Crippen LogP contribution is 2.17. The molecule has 0 fully saturated rings. The maximum absolute atomic E-state index is 4.28. The molecule has 0 radical (unpaired) electrons. The molecule has 0 saturated heterocycles. The van der Waals surface area contributed by atoms with Crippen molar-refractivity contribution in [2.45, 2.75) is 6.92 Å². The van der Waals surface area contributed by atoms with Gasteiger partial charge in [-0.15, -0.1) is 0 Å². The van der Waals surface area contributed by atoms with Gasteiger partial charge in [-0.2, -0.15) is 10.2 Å². The number of aryl methyl sites for hydroxylation is 3. The summed E-state index contributed by atoms with van der Waals surface area (Å²) >= 11 is 0. The molecule has 2 aromatic heterocycles. The van der Waals surface area contributed by atoms with Gasteiger partial charge in [-0.05, 0) is 13.0 Å². The largest absolute Gasteiger partial charge is 0.275 e. The van der Waals surface area contributed by atoms with Crippen molar-refractivity contribution in [1.82, 2.24) is 19.6 Å². The van der Waals surface area contributed by atoms with Gasteiger partial charge < -0.3 is 0 Å². The lowest BCUT2D eigenvalue weighted by Gasteiger charge is -1.95. The fourth-order valence-electron chi connectivity index (χ4n) is 1.43. The summed E-state index contributed by atoms with van der Waals surface area (Å²) in [7, 11) is 3.85. The van der Waals surface area contributed by atoms with E-state index >= 15 is 0 Å². The lowest BCUT2D eigenvalue weighted by atomic mass is 10.2. The summed E-state index contributed by atoms with van der Waals surface area (Å²) in [4.78, 5) is 0. The van der Waals surface area contributed by atoms with Gasteiger partial charge in [0, 0.05) is 25.9 Å². The normalized spacial score (nSPS) is 10.7. The van der Waals surface area contributed by atoms with Gasteiger partial charge in [0.1, 0.15) is 0 Å². The topological polar surface area (TPSA) is 35.6 Å². The molecule has 0 aliphatic heterocycles. The monoisotopic (exact) mass is 176 g/mol. The van der Waals surface area contributed by atoms with Crippen LogP contribution < -0.4 is 0 Å². The van der Waals surface area contributed by atoms with Crippen LogP contribution in [0.1, 0.15) is 5.69 Å². The molecule has 13 heavy (non-hydrogen) atoms. The molecule has 0 aliphatic carbocycles. The Labute approximate surface area is 76.8 Å². The molecule has 2 heterocycles. The molecule has 0 atom stereocenters. The van der Waals surface area contributed by atoms with E-state index in [1.165, 1.54) is 0 Å². The van der Waals surface area contributed by atoms with E-state index in [1.54, 1.807) is 4.68 Å². The van der Waals surface area contributed by atoms with Crippen LogP contribution in [0.4, 0.5) is 0 Å². The Morgan fingerprint density at radius 1 is 1.31 bits per heavy atom. The maximum Gasteiger partial charge on any atom is 0.0713 e. The van der Waals surface area contributed by atoms with E-state index in [1.807, 2.05) is 38.1 Å². The molecule has 0 unspecified atom stereocenters. The van der Waals surface area contributed by atoms with Crippen molar-refractivity contribution in [2.24, 2.45) is 14.1 Å². The number of hydrogen-bond acceptors (Lipinski definition) is 2. The average molecular weight is 176 g/mol. The molecule has 2 rings (SSSR count). The van der Waals surface area contributed by atoms with Crippen molar-refractivity contribution in [3.8, 4) is 11.3 Å². The minimum atomic E-state index is 1.03. The molecular formula is C9H12N4. The van der Waals surface area contributed by atoms with Crippen LogP contribution in [0.3, 0.4) is 0 Å². The van der Waals surface area contributed by atoms with Crippen molar-refractivity contribution in [3.05, 3.63) is 24.2 Å². The van der Waals surface area contributed by atoms with E-state index < -0.39 is 0 Å². The van der Waals surface area contributed by atoms with Crippen molar-refractivity contribution < 1.29 is 0 Å².